The molecule has 4 heterocycles. The number of carbonyl (C=O) groups excluding carboxylic acids is 4. The third kappa shape index (κ3) is 9.23. The number of nitrogens with one attached hydrogen (secondary N) is 4. The second-order valence-electron chi connectivity index (χ2n) is 16.6. The van der Waals surface area contributed by atoms with Crippen LogP contribution in [-0.4, -0.2) is 99.9 Å². The molecule has 1 saturated carbocycles. The summed E-state index contributed by atoms with van der Waals surface area (Å²) >= 11 is 0. The summed E-state index contributed by atoms with van der Waals surface area (Å²) < 4.78 is 15.5. The summed E-state index contributed by atoms with van der Waals surface area (Å²) in [6.07, 6.45) is 5.90. The lowest BCUT2D eigenvalue weighted by Gasteiger charge is -2.35. The number of rotatable bonds is 9. The fraction of sp³-hybridized carbons (Fsp3) is 0.500. The number of methoxy groups -OCH3 is 2. The van der Waals surface area contributed by atoms with E-state index in [4.69, 9.17) is 24.2 Å². The van der Waals surface area contributed by atoms with Gasteiger partial charge in [0.1, 0.15) is 30.5 Å². The quantitative estimate of drug-likeness (QED) is 0.143. The lowest BCUT2D eigenvalue weighted by Crippen LogP contribution is -2.53. The van der Waals surface area contributed by atoms with E-state index in [1.807, 2.05) is 75.1 Å². The number of aromatic amines is 2. The van der Waals surface area contributed by atoms with Gasteiger partial charge in [-0.15, -0.1) is 0 Å². The Balaban J connectivity index is 1.05. The first-order valence-electron chi connectivity index (χ1n) is 20.4. The minimum Gasteiger partial charge on any atom is -0.453 e. The van der Waals surface area contributed by atoms with E-state index in [0.717, 1.165) is 71.3 Å². The van der Waals surface area contributed by atoms with Crippen LogP contribution in [0.25, 0.3) is 22.3 Å². The number of imidazole rings is 2. The SMILES string of the molecule is COC(=O)N[C@H](C(=O)N1CC2(CC2)C[C@H]1c1ncc(-c2ccc(C#Cc3ccc4nc([C@@H]5CCCCOCN5C(=O)[C@@H](NC(=O)OC)C(C)C)[nH]c4c3)cc2)[nH]1)C(C)C. The number of amides is 4. The summed E-state index contributed by atoms with van der Waals surface area (Å²) in [5.74, 6) is 7.26. The normalized spacial score (nSPS) is 19.7. The lowest BCUT2D eigenvalue weighted by atomic mass is 10.0. The molecule has 4 N–H and O–H groups in total. The zero-order valence-corrected chi connectivity index (χ0v) is 34.6. The molecule has 4 amide bonds. The minimum absolute atomic E-state index is 0.0842. The number of aromatic nitrogens is 4. The highest BCUT2D eigenvalue weighted by Gasteiger charge is 2.55. The summed E-state index contributed by atoms with van der Waals surface area (Å²) in [5.41, 5.74) is 5.09. The van der Waals surface area contributed by atoms with E-state index in [0.29, 0.717) is 25.4 Å². The van der Waals surface area contributed by atoms with E-state index in [2.05, 4.69) is 32.4 Å². The summed E-state index contributed by atoms with van der Waals surface area (Å²) in [6.45, 7) is 8.86. The molecule has 4 atom stereocenters. The number of hydrogen-bond acceptors (Lipinski definition) is 9. The maximum Gasteiger partial charge on any atom is 0.407 e. The smallest absolute Gasteiger partial charge is 0.407 e. The van der Waals surface area contributed by atoms with Gasteiger partial charge in [0.15, 0.2) is 0 Å². The predicted molar refractivity (Wildman–Crippen MR) is 219 cm³/mol. The molecule has 2 aromatic heterocycles. The second-order valence-corrected chi connectivity index (χ2v) is 16.6. The Hall–Kier alpha value is -5.88. The molecule has 3 fully saturated rings. The summed E-state index contributed by atoms with van der Waals surface area (Å²) in [6, 6.07) is 11.6. The zero-order valence-electron chi connectivity index (χ0n) is 34.6. The van der Waals surface area contributed by atoms with Crippen LogP contribution in [0.15, 0.2) is 48.7 Å². The lowest BCUT2D eigenvalue weighted by molar-refractivity contribution is -0.145. The van der Waals surface area contributed by atoms with E-state index in [-0.39, 0.29) is 47.9 Å². The molecular weight excluding hydrogens is 753 g/mol. The van der Waals surface area contributed by atoms with Gasteiger partial charge in [-0.3, -0.25) is 9.59 Å². The number of H-pyrrole nitrogens is 2. The first-order valence-corrected chi connectivity index (χ1v) is 20.4. The fourth-order valence-corrected chi connectivity index (χ4v) is 8.07. The highest BCUT2D eigenvalue weighted by Crippen LogP contribution is 2.58. The molecule has 15 nitrogen and oxygen atoms in total. The molecule has 1 spiro atoms. The van der Waals surface area contributed by atoms with E-state index in [9.17, 15) is 19.2 Å². The molecule has 3 aliphatic rings. The van der Waals surface area contributed by atoms with E-state index >= 15 is 0 Å². The maximum absolute atomic E-state index is 13.9. The van der Waals surface area contributed by atoms with Crippen molar-refractivity contribution < 1.29 is 33.4 Å². The third-order valence-corrected chi connectivity index (χ3v) is 11.7. The van der Waals surface area contributed by atoms with Crippen molar-refractivity contribution in [3.63, 3.8) is 0 Å². The number of hydrogen-bond donors (Lipinski definition) is 4. The standard InChI is InChI=1S/C44H54N8O7/c1-26(2)36(49-42(55)57-5)40(53)51-24-44(18-19-44)22-35(51)38-45-23-33(48-38)30-15-12-28(13-16-30)10-11-29-14-17-31-32(21-29)47-39(46-31)34-9-7-8-20-59-25-52(34)41(54)37(27(3)4)50-43(56)58-6/h12-17,21,23,26-27,34-37H,7-9,18-20,22,24-25H2,1-6H3,(H,45,48)(H,46,47)(H,49,55)(H,50,56)/t34-,35-,36-,37-/m0/s1. The number of carbonyl (C=O) groups is 4. The van der Waals surface area contributed by atoms with Crippen LogP contribution in [0.2, 0.25) is 0 Å². The van der Waals surface area contributed by atoms with Crippen LogP contribution >= 0.6 is 0 Å². The highest BCUT2D eigenvalue weighted by molar-refractivity contribution is 5.87. The highest BCUT2D eigenvalue weighted by atomic mass is 16.5. The Bertz CT molecular complexity index is 2230. The molecule has 2 saturated heterocycles. The molecule has 312 valence electrons. The topological polar surface area (TPSA) is 184 Å². The van der Waals surface area contributed by atoms with Crippen molar-refractivity contribution in [3.8, 4) is 23.1 Å². The van der Waals surface area contributed by atoms with Crippen LogP contribution in [0.1, 0.15) is 101 Å². The number of likely N-dealkylation sites (tertiary alicyclic amines) is 1. The summed E-state index contributed by atoms with van der Waals surface area (Å²) in [5, 5.41) is 5.43. The first-order chi connectivity index (χ1) is 28.4. The molecule has 4 aromatic rings. The molecular formula is C44H54N8O7. The molecule has 59 heavy (non-hydrogen) atoms. The molecule has 2 aromatic carbocycles. The van der Waals surface area contributed by atoms with Gasteiger partial charge in [-0.05, 0) is 91.7 Å². The van der Waals surface area contributed by atoms with Crippen molar-refractivity contribution in [2.24, 2.45) is 17.3 Å². The van der Waals surface area contributed by atoms with Gasteiger partial charge >= 0.3 is 12.2 Å². The van der Waals surface area contributed by atoms with Crippen LogP contribution in [0.4, 0.5) is 9.59 Å². The van der Waals surface area contributed by atoms with Crippen LogP contribution < -0.4 is 10.6 Å². The Morgan fingerprint density at radius 1 is 0.831 bits per heavy atom. The summed E-state index contributed by atoms with van der Waals surface area (Å²) in [4.78, 5) is 72.0. The van der Waals surface area contributed by atoms with Crippen LogP contribution in [0, 0.1) is 29.1 Å². The zero-order chi connectivity index (χ0) is 41.8. The number of alkyl carbamates (subject to hydrolysis) is 2. The van der Waals surface area contributed by atoms with Gasteiger partial charge < -0.3 is 44.6 Å². The van der Waals surface area contributed by atoms with Gasteiger partial charge in [-0.1, -0.05) is 51.7 Å². The Morgan fingerprint density at radius 3 is 2.12 bits per heavy atom. The average molecular weight is 807 g/mol. The van der Waals surface area contributed by atoms with Gasteiger partial charge in [-0.25, -0.2) is 19.6 Å². The molecule has 0 bridgehead atoms. The molecule has 2 aliphatic heterocycles. The minimum atomic E-state index is -0.790. The second kappa shape index (κ2) is 17.5. The van der Waals surface area contributed by atoms with Gasteiger partial charge in [0.05, 0.1) is 49.2 Å². The third-order valence-electron chi connectivity index (χ3n) is 11.7. The van der Waals surface area contributed by atoms with Gasteiger partial charge in [-0.2, -0.15) is 0 Å². The molecule has 0 unspecified atom stereocenters. The van der Waals surface area contributed by atoms with Gasteiger partial charge in [0, 0.05) is 24.3 Å². The fourth-order valence-electron chi connectivity index (χ4n) is 8.07. The average Bonchev–Trinajstić information content (AvgIpc) is 3.51. The number of ether oxygens (including phenoxy) is 3. The molecule has 0 radical (unpaired) electrons. The van der Waals surface area contributed by atoms with Crippen molar-refractivity contribution in [1.82, 2.24) is 40.4 Å². The van der Waals surface area contributed by atoms with Crippen LogP contribution in [-0.2, 0) is 23.8 Å². The van der Waals surface area contributed by atoms with Gasteiger partial charge in [0.2, 0.25) is 11.8 Å². The van der Waals surface area contributed by atoms with Crippen LogP contribution in [0.5, 0.6) is 0 Å². The first kappa shape index (κ1) is 41.3. The largest absolute Gasteiger partial charge is 0.453 e. The van der Waals surface area contributed by atoms with Crippen LogP contribution in [0.3, 0.4) is 0 Å². The van der Waals surface area contributed by atoms with E-state index < -0.39 is 24.3 Å². The Morgan fingerprint density at radius 2 is 1.47 bits per heavy atom. The number of nitrogens with zero attached hydrogens (tertiary/aromatic N) is 4. The number of benzene rings is 2. The van der Waals surface area contributed by atoms with E-state index in [1.165, 1.54) is 14.2 Å². The summed E-state index contributed by atoms with van der Waals surface area (Å²) in [7, 11) is 2.57. The Kier molecular flexibility index (Phi) is 12.3. The van der Waals surface area contributed by atoms with Crippen molar-refractivity contribution in [2.45, 2.75) is 90.4 Å². The Labute approximate surface area is 344 Å². The van der Waals surface area contributed by atoms with Crippen molar-refractivity contribution in [2.75, 3.05) is 34.1 Å². The van der Waals surface area contributed by atoms with Crippen molar-refractivity contribution >= 4 is 35.0 Å². The van der Waals surface area contributed by atoms with Gasteiger partial charge in [0.25, 0.3) is 0 Å². The van der Waals surface area contributed by atoms with E-state index in [1.54, 1.807) is 11.1 Å². The van der Waals surface area contributed by atoms with Crippen molar-refractivity contribution in [3.05, 3.63) is 71.4 Å². The molecule has 1 aliphatic carbocycles. The monoisotopic (exact) mass is 806 g/mol. The molecule has 15 heteroatoms. The number of fused-ring (bicyclic) bond motifs is 1. The maximum atomic E-state index is 13.9. The van der Waals surface area contributed by atoms with Crippen molar-refractivity contribution in [1.29, 1.82) is 0 Å². The molecule has 7 rings (SSSR count). The predicted octanol–water partition coefficient (Wildman–Crippen LogP) is 6.20.